The van der Waals surface area contributed by atoms with Crippen LogP contribution in [0.2, 0.25) is 0 Å². The van der Waals surface area contributed by atoms with Gasteiger partial charge < -0.3 is 5.32 Å². The molecule has 0 spiro atoms. The first-order valence-corrected chi connectivity index (χ1v) is 8.54. The van der Waals surface area contributed by atoms with Crippen LogP contribution in [0.25, 0.3) is 0 Å². The molecule has 0 radical (unpaired) electrons. The number of pyridine rings is 1. The first-order valence-electron chi connectivity index (χ1n) is 6.65. The van der Waals surface area contributed by atoms with Crippen LogP contribution in [0.4, 0.5) is 17.2 Å². The zero-order valence-corrected chi connectivity index (χ0v) is 13.1. The van der Waals surface area contributed by atoms with Crippen LogP contribution < -0.4 is 10.0 Å². The summed E-state index contributed by atoms with van der Waals surface area (Å²) in [6.07, 6.45) is 2.70. The number of nitrogens with one attached hydrogen (secondary N) is 2. The van der Waals surface area contributed by atoms with Crippen molar-refractivity contribution < 1.29 is 8.42 Å². The highest BCUT2D eigenvalue weighted by Gasteiger charge is 2.07. The van der Waals surface area contributed by atoms with E-state index in [0.717, 1.165) is 17.6 Å². The number of anilines is 3. The molecular formula is C15H19N3O2S. The molecule has 6 heteroatoms. The maximum Gasteiger partial charge on any atom is 0.230 e. The summed E-state index contributed by atoms with van der Waals surface area (Å²) in [7, 11) is -3.30. The van der Waals surface area contributed by atoms with Gasteiger partial charge in [-0.15, -0.1) is 0 Å². The number of rotatable bonds is 5. The molecule has 1 aromatic heterocycles. The van der Waals surface area contributed by atoms with E-state index in [9.17, 15) is 8.42 Å². The standard InChI is InChI=1S/C15H19N3O2S/c1-11(2)13-6-4-5-7-14(13)17-12-8-9-15(16-10-12)18-21(3,19)20/h4-11,17H,1-3H3,(H,16,18). The van der Waals surface area contributed by atoms with Gasteiger partial charge in [-0.1, -0.05) is 32.0 Å². The average molecular weight is 305 g/mol. The lowest BCUT2D eigenvalue weighted by Gasteiger charge is -2.14. The molecule has 5 nitrogen and oxygen atoms in total. The molecule has 0 fully saturated rings. The predicted molar refractivity (Wildman–Crippen MR) is 86.5 cm³/mol. The Morgan fingerprint density at radius 2 is 1.81 bits per heavy atom. The number of aromatic nitrogens is 1. The Balaban J connectivity index is 2.18. The van der Waals surface area contributed by atoms with Crippen molar-refractivity contribution in [2.24, 2.45) is 0 Å². The van der Waals surface area contributed by atoms with Crippen LogP contribution in [-0.2, 0) is 10.0 Å². The number of para-hydroxylation sites is 1. The normalized spacial score (nSPS) is 11.4. The fraction of sp³-hybridized carbons (Fsp3) is 0.267. The van der Waals surface area contributed by atoms with Crippen LogP contribution in [0, 0.1) is 0 Å². The van der Waals surface area contributed by atoms with E-state index < -0.39 is 10.0 Å². The van der Waals surface area contributed by atoms with Gasteiger partial charge in [-0.25, -0.2) is 13.4 Å². The summed E-state index contributed by atoms with van der Waals surface area (Å²) in [5.74, 6) is 0.716. The summed E-state index contributed by atoms with van der Waals surface area (Å²) in [5.41, 5.74) is 3.05. The Morgan fingerprint density at radius 1 is 1.10 bits per heavy atom. The zero-order chi connectivity index (χ0) is 15.5. The summed E-state index contributed by atoms with van der Waals surface area (Å²) >= 11 is 0. The Bertz CT molecular complexity index is 710. The van der Waals surface area contributed by atoms with Gasteiger partial charge in [0, 0.05) is 5.69 Å². The van der Waals surface area contributed by atoms with Crippen molar-refractivity contribution in [2.45, 2.75) is 19.8 Å². The molecule has 2 aromatic rings. The van der Waals surface area contributed by atoms with Crippen molar-refractivity contribution in [1.82, 2.24) is 4.98 Å². The van der Waals surface area contributed by atoms with E-state index in [2.05, 4.69) is 34.9 Å². The van der Waals surface area contributed by atoms with Crippen molar-refractivity contribution in [3.8, 4) is 0 Å². The molecule has 0 bridgehead atoms. The second kappa shape index (κ2) is 6.13. The van der Waals surface area contributed by atoms with Gasteiger partial charge in [0.25, 0.3) is 0 Å². The van der Waals surface area contributed by atoms with Crippen LogP contribution in [0.3, 0.4) is 0 Å². The lowest BCUT2D eigenvalue weighted by atomic mass is 10.0. The van der Waals surface area contributed by atoms with Crippen molar-refractivity contribution >= 4 is 27.2 Å². The third-order valence-electron chi connectivity index (χ3n) is 2.92. The van der Waals surface area contributed by atoms with E-state index >= 15 is 0 Å². The topological polar surface area (TPSA) is 71.1 Å². The summed E-state index contributed by atoms with van der Waals surface area (Å²) < 4.78 is 24.6. The minimum absolute atomic E-state index is 0.306. The van der Waals surface area contributed by atoms with E-state index in [0.29, 0.717) is 11.7 Å². The van der Waals surface area contributed by atoms with E-state index in [1.165, 1.54) is 5.56 Å². The maximum absolute atomic E-state index is 11.1. The Labute approximate surface area is 125 Å². The van der Waals surface area contributed by atoms with Gasteiger partial charge in [0.15, 0.2) is 0 Å². The van der Waals surface area contributed by atoms with Crippen molar-refractivity contribution in [3.05, 3.63) is 48.2 Å². The summed E-state index contributed by atoms with van der Waals surface area (Å²) in [5, 5.41) is 3.30. The molecule has 0 aliphatic carbocycles. The molecule has 1 aromatic carbocycles. The quantitative estimate of drug-likeness (QED) is 0.889. The van der Waals surface area contributed by atoms with Gasteiger partial charge in [-0.2, -0.15) is 0 Å². The third kappa shape index (κ3) is 4.46. The number of benzene rings is 1. The lowest BCUT2D eigenvalue weighted by molar-refractivity contribution is 0.606. The molecule has 1 heterocycles. The molecule has 2 N–H and O–H groups in total. The monoisotopic (exact) mass is 305 g/mol. The Kier molecular flexibility index (Phi) is 4.47. The molecule has 0 saturated heterocycles. The Hall–Kier alpha value is -2.08. The number of sulfonamides is 1. The van der Waals surface area contributed by atoms with Gasteiger partial charge in [0.05, 0.1) is 18.1 Å². The van der Waals surface area contributed by atoms with Crippen LogP contribution >= 0.6 is 0 Å². The largest absolute Gasteiger partial charge is 0.354 e. The SMILES string of the molecule is CC(C)c1ccccc1Nc1ccc(NS(C)(=O)=O)nc1. The van der Waals surface area contributed by atoms with Crippen molar-refractivity contribution in [3.63, 3.8) is 0 Å². The van der Waals surface area contributed by atoms with Crippen molar-refractivity contribution in [2.75, 3.05) is 16.3 Å². The van der Waals surface area contributed by atoms with E-state index in [1.807, 2.05) is 18.2 Å². The summed E-state index contributed by atoms with van der Waals surface area (Å²) in [6.45, 7) is 4.27. The average Bonchev–Trinajstić information content (AvgIpc) is 2.40. The second-order valence-corrected chi connectivity index (χ2v) is 6.92. The van der Waals surface area contributed by atoms with Crippen LogP contribution in [-0.4, -0.2) is 19.7 Å². The molecule has 0 aliphatic rings. The van der Waals surface area contributed by atoms with E-state index in [1.54, 1.807) is 18.3 Å². The molecule has 2 rings (SSSR count). The van der Waals surface area contributed by atoms with Gasteiger partial charge >= 0.3 is 0 Å². The molecule has 112 valence electrons. The lowest BCUT2D eigenvalue weighted by Crippen LogP contribution is -2.10. The Morgan fingerprint density at radius 3 is 2.38 bits per heavy atom. The highest BCUT2D eigenvalue weighted by Crippen LogP contribution is 2.26. The molecule has 0 amide bonds. The highest BCUT2D eigenvalue weighted by atomic mass is 32.2. The molecule has 0 saturated carbocycles. The van der Waals surface area contributed by atoms with E-state index in [-0.39, 0.29) is 0 Å². The summed E-state index contributed by atoms with van der Waals surface area (Å²) in [4.78, 5) is 4.08. The molecule has 0 aliphatic heterocycles. The predicted octanol–water partition coefficient (Wildman–Crippen LogP) is 3.32. The van der Waals surface area contributed by atoms with Gasteiger partial charge in [0.1, 0.15) is 5.82 Å². The van der Waals surface area contributed by atoms with Crippen LogP contribution in [0.5, 0.6) is 0 Å². The van der Waals surface area contributed by atoms with Crippen LogP contribution in [0.15, 0.2) is 42.6 Å². The maximum atomic E-state index is 11.1. The molecule has 21 heavy (non-hydrogen) atoms. The first kappa shape index (κ1) is 15.3. The van der Waals surface area contributed by atoms with Gasteiger partial charge in [0.2, 0.25) is 10.0 Å². The molecule has 0 unspecified atom stereocenters. The number of hydrogen-bond donors (Lipinski definition) is 2. The molecule has 0 atom stereocenters. The highest BCUT2D eigenvalue weighted by molar-refractivity contribution is 7.92. The fourth-order valence-corrected chi connectivity index (χ4v) is 2.49. The van der Waals surface area contributed by atoms with Gasteiger partial charge in [-0.3, -0.25) is 4.72 Å². The fourth-order valence-electron chi connectivity index (χ4n) is 1.99. The second-order valence-electron chi connectivity index (χ2n) is 5.17. The van der Waals surface area contributed by atoms with Gasteiger partial charge in [-0.05, 0) is 29.7 Å². The minimum Gasteiger partial charge on any atom is -0.354 e. The number of nitrogens with zero attached hydrogens (tertiary/aromatic N) is 1. The minimum atomic E-state index is -3.30. The smallest absolute Gasteiger partial charge is 0.230 e. The number of hydrogen-bond acceptors (Lipinski definition) is 4. The van der Waals surface area contributed by atoms with E-state index in [4.69, 9.17) is 0 Å². The van der Waals surface area contributed by atoms with Crippen LogP contribution in [0.1, 0.15) is 25.3 Å². The first-order chi connectivity index (χ1) is 9.85. The zero-order valence-electron chi connectivity index (χ0n) is 12.3. The third-order valence-corrected chi connectivity index (χ3v) is 3.50. The van der Waals surface area contributed by atoms with Crippen molar-refractivity contribution in [1.29, 1.82) is 0 Å². The summed E-state index contributed by atoms with van der Waals surface area (Å²) in [6, 6.07) is 11.5. The molecular weight excluding hydrogens is 286 g/mol.